The van der Waals surface area contributed by atoms with E-state index in [1.165, 1.54) is 0 Å². The van der Waals surface area contributed by atoms with Gasteiger partial charge in [-0.25, -0.2) is 4.79 Å². The van der Waals surface area contributed by atoms with Gasteiger partial charge in [0.25, 0.3) is 5.91 Å². The molecule has 0 radical (unpaired) electrons. The maximum Gasteiger partial charge on any atom is 0.410 e. The van der Waals surface area contributed by atoms with Crippen molar-refractivity contribution in [2.24, 2.45) is 4.99 Å². The molecular weight excluding hydrogens is 386 g/mol. The van der Waals surface area contributed by atoms with E-state index in [1.54, 1.807) is 36.3 Å². The van der Waals surface area contributed by atoms with E-state index in [2.05, 4.69) is 20.5 Å². The monoisotopic (exact) mass is 417 g/mol. The number of methoxy groups -OCH3 is 1. The molecule has 1 saturated heterocycles. The van der Waals surface area contributed by atoms with Crippen LogP contribution in [0.5, 0.6) is 5.75 Å². The number of nitrogens with one attached hydrogen (secondary N) is 2. The van der Waals surface area contributed by atoms with Crippen molar-refractivity contribution in [2.45, 2.75) is 32.4 Å². The van der Waals surface area contributed by atoms with Crippen molar-refractivity contribution in [3.05, 3.63) is 29.8 Å². The summed E-state index contributed by atoms with van der Waals surface area (Å²) >= 11 is 0. The number of amides is 2. The number of hydrogen-bond acceptors (Lipinski definition) is 7. The van der Waals surface area contributed by atoms with Crippen molar-refractivity contribution in [3.8, 4) is 5.75 Å². The molecule has 9 heteroatoms. The van der Waals surface area contributed by atoms with E-state index in [1.807, 2.05) is 20.8 Å². The first-order chi connectivity index (χ1) is 14.3. The van der Waals surface area contributed by atoms with E-state index >= 15 is 0 Å². The highest BCUT2D eigenvalue weighted by Gasteiger charge is 2.36. The fourth-order valence-electron chi connectivity index (χ4n) is 3.42. The number of nitrogens with zero attached hydrogens (tertiary/aromatic N) is 3. The quantitative estimate of drug-likeness (QED) is 0.702. The highest BCUT2D eigenvalue weighted by molar-refractivity contribution is 5.94. The summed E-state index contributed by atoms with van der Waals surface area (Å²) in [6, 6.07) is 7.15. The van der Waals surface area contributed by atoms with Crippen LogP contribution in [0.3, 0.4) is 0 Å². The molecule has 3 rings (SSSR count). The van der Waals surface area contributed by atoms with Crippen LogP contribution in [-0.4, -0.2) is 85.8 Å². The number of carbonyl (C=O) groups is 2. The van der Waals surface area contributed by atoms with Gasteiger partial charge < -0.3 is 29.9 Å². The minimum atomic E-state index is -0.497. The van der Waals surface area contributed by atoms with Gasteiger partial charge in [0.2, 0.25) is 0 Å². The van der Waals surface area contributed by atoms with Gasteiger partial charge in [0, 0.05) is 38.3 Å². The normalized spacial score (nSPS) is 18.4. The first-order valence-corrected chi connectivity index (χ1v) is 10.2. The maximum atomic E-state index is 12.3. The molecule has 2 amide bonds. The molecule has 0 bridgehead atoms. The topological polar surface area (TPSA) is 95.5 Å². The van der Waals surface area contributed by atoms with Crippen molar-refractivity contribution in [3.63, 3.8) is 0 Å². The number of hydrogen-bond donors (Lipinski definition) is 2. The minimum Gasteiger partial charge on any atom is -0.497 e. The lowest BCUT2D eigenvalue weighted by Gasteiger charge is -2.39. The lowest BCUT2D eigenvalue weighted by atomic mass is 10.2. The summed E-state index contributed by atoms with van der Waals surface area (Å²) in [7, 11) is 1.59. The standard InChI is InChI=1S/C21H31N5O4/c1-21(2,3)30-20(28)25-11-12-26-16(14-25)13-24-19(26)23-10-9-22-18(27)15-5-7-17(29-4)8-6-15/h5-8,16H,9-14H2,1-4H3,(H,22,27)(H,23,24). The zero-order chi connectivity index (χ0) is 21.7. The van der Waals surface area contributed by atoms with Crippen molar-refractivity contribution in [2.75, 3.05) is 46.4 Å². The van der Waals surface area contributed by atoms with E-state index < -0.39 is 5.60 Å². The Hall–Kier alpha value is -2.97. The number of aliphatic imine (C=N–C) groups is 1. The third-order valence-electron chi connectivity index (χ3n) is 4.90. The van der Waals surface area contributed by atoms with Gasteiger partial charge in [0.05, 0.1) is 19.7 Å². The first-order valence-electron chi connectivity index (χ1n) is 10.2. The Bertz CT molecular complexity index is 788. The molecule has 0 saturated carbocycles. The lowest BCUT2D eigenvalue weighted by Crippen LogP contribution is -2.57. The van der Waals surface area contributed by atoms with Gasteiger partial charge in [0.1, 0.15) is 11.4 Å². The van der Waals surface area contributed by atoms with Gasteiger partial charge in [-0.2, -0.15) is 0 Å². The minimum absolute atomic E-state index is 0.128. The Balaban J connectivity index is 1.39. The van der Waals surface area contributed by atoms with E-state index in [4.69, 9.17) is 9.47 Å². The summed E-state index contributed by atoms with van der Waals surface area (Å²) in [5, 5.41) is 6.19. The highest BCUT2D eigenvalue weighted by atomic mass is 16.6. The Morgan fingerprint density at radius 2 is 1.90 bits per heavy atom. The van der Waals surface area contributed by atoms with E-state index in [-0.39, 0.29) is 18.0 Å². The number of ether oxygens (including phenoxy) is 2. The third kappa shape index (κ3) is 5.55. The van der Waals surface area contributed by atoms with Crippen LogP contribution in [0.4, 0.5) is 4.79 Å². The molecule has 1 aromatic carbocycles. The van der Waals surface area contributed by atoms with E-state index in [9.17, 15) is 9.59 Å². The second-order valence-electron chi connectivity index (χ2n) is 8.35. The number of fused-ring (bicyclic) bond motifs is 1. The summed E-state index contributed by atoms with van der Waals surface area (Å²) in [5.74, 6) is 1.41. The van der Waals surface area contributed by atoms with Crippen LogP contribution in [0.1, 0.15) is 31.1 Å². The van der Waals surface area contributed by atoms with Crippen LogP contribution in [-0.2, 0) is 4.74 Å². The predicted octanol–water partition coefficient (Wildman–Crippen LogP) is 1.31. The average Bonchev–Trinajstić information content (AvgIpc) is 3.12. The molecule has 1 fully saturated rings. The Kier molecular flexibility index (Phi) is 6.69. The zero-order valence-corrected chi connectivity index (χ0v) is 18.1. The van der Waals surface area contributed by atoms with Gasteiger partial charge in [-0.05, 0) is 45.0 Å². The molecule has 30 heavy (non-hydrogen) atoms. The zero-order valence-electron chi connectivity index (χ0n) is 18.1. The molecule has 1 unspecified atom stereocenters. The van der Waals surface area contributed by atoms with Crippen LogP contribution in [0.15, 0.2) is 29.3 Å². The molecule has 2 N–H and O–H groups in total. The summed E-state index contributed by atoms with van der Waals surface area (Å²) in [5.41, 5.74) is 0.0935. The molecule has 1 aromatic rings. The molecule has 164 valence electrons. The van der Waals surface area contributed by atoms with Crippen LogP contribution >= 0.6 is 0 Å². The molecule has 2 heterocycles. The number of guanidine groups is 1. The van der Waals surface area contributed by atoms with Gasteiger partial charge in [-0.1, -0.05) is 0 Å². The Labute approximate surface area is 177 Å². The van der Waals surface area contributed by atoms with Gasteiger partial charge >= 0.3 is 6.09 Å². The van der Waals surface area contributed by atoms with Crippen LogP contribution in [0.25, 0.3) is 0 Å². The van der Waals surface area contributed by atoms with Crippen molar-refractivity contribution < 1.29 is 19.1 Å². The maximum absolute atomic E-state index is 12.3. The van der Waals surface area contributed by atoms with Gasteiger partial charge in [-0.15, -0.1) is 0 Å². The molecular formula is C21H31N5O4. The summed E-state index contributed by atoms with van der Waals surface area (Å²) in [6.45, 7) is 9.19. The SMILES string of the molecule is COc1ccc(C(=O)NCCNC2=NCC3CN(C(=O)OC(C)(C)C)CCN23)cc1. The second kappa shape index (κ2) is 9.23. The lowest BCUT2D eigenvalue weighted by molar-refractivity contribution is 0.0137. The van der Waals surface area contributed by atoms with Crippen molar-refractivity contribution in [1.29, 1.82) is 0 Å². The third-order valence-corrected chi connectivity index (χ3v) is 4.90. The summed E-state index contributed by atoms with van der Waals surface area (Å²) < 4.78 is 10.6. The highest BCUT2D eigenvalue weighted by Crippen LogP contribution is 2.18. The first kappa shape index (κ1) is 21.7. The fraction of sp³-hybridized carbons (Fsp3) is 0.571. The largest absolute Gasteiger partial charge is 0.497 e. The van der Waals surface area contributed by atoms with Crippen LogP contribution in [0, 0.1) is 0 Å². The fourth-order valence-corrected chi connectivity index (χ4v) is 3.42. The second-order valence-corrected chi connectivity index (χ2v) is 8.35. The van der Waals surface area contributed by atoms with Crippen molar-refractivity contribution >= 4 is 18.0 Å². The molecule has 2 aliphatic heterocycles. The molecule has 0 aliphatic carbocycles. The Morgan fingerprint density at radius 3 is 2.57 bits per heavy atom. The Morgan fingerprint density at radius 1 is 1.17 bits per heavy atom. The number of carbonyl (C=O) groups excluding carboxylic acids is 2. The summed E-state index contributed by atoms with van der Waals surface area (Å²) in [6.07, 6.45) is -0.273. The van der Waals surface area contributed by atoms with Gasteiger partial charge in [-0.3, -0.25) is 9.79 Å². The molecule has 1 atom stereocenters. The molecule has 2 aliphatic rings. The van der Waals surface area contributed by atoms with Crippen LogP contribution in [0.2, 0.25) is 0 Å². The number of piperazine rings is 1. The average molecular weight is 418 g/mol. The molecule has 9 nitrogen and oxygen atoms in total. The van der Waals surface area contributed by atoms with Gasteiger partial charge in [0.15, 0.2) is 5.96 Å². The van der Waals surface area contributed by atoms with Crippen molar-refractivity contribution in [1.82, 2.24) is 20.4 Å². The smallest absolute Gasteiger partial charge is 0.410 e. The van der Waals surface area contributed by atoms with E-state index in [0.29, 0.717) is 50.6 Å². The molecule has 0 aromatic heterocycles. The molecule has 0 spiro atoms. The van der Waals surface area contributed by atoms with E-state index in [0.717, 1.165) is 5.96 Å². The number of rotatable bonds is 5. The predicted molar refractivity (Wildman–Crippen MR) is 114 cm³/mol. The number of benzene rings is 1. The summed E-state index contributed by atoms with van der Waals surface area (Å²) in [4.78, 5) is 33.0. The van der Waals surface area contributed by atoms with Crippen LogP contribution < -0.4 is 15.4 Å².